The monoisotopic (exact) mass is 240 g/mol. The molecule has 2 unspecified atom stereocenters. The van der Waals surface area contributed by atoms with Gasteiger partial charge in [0, 0.05) is 12.6 Å². The number of carbonyl (C=O) groups is 1. The van der Waals surface area contributed by atoms with Crippen LogP contribution in [0.5, 0.6) is 0 Å². The zero-order valence-electron chi connectivity index (χ0n) is 11.6. The van der Waals surface area contributed by atoms with Crippen molar-refractivity contribution in [1.29, 1.82) is 0 Å². The van der Waals surface area contributed by atoms with E-state index >= 15 is 0 Å². The van der Waals surface area contributed by atoms with E-state index in [0.29, 0.717) is 17.9 Å². The zero-order chi connectivity index (χ0) is 12.7. The van der Waals surface area contributed by atoms with E-state index in [1.807, 2.05) is 0 Å². The molecule has 2 amide bonds. The fraction of sp³-hybridized carbons (Fsp3) is 0.929. The molecule has 1 aliphatic rings. The van der Waals surface area contributed by atoms with Crippen molar-refractivity contribution in [2.45, 2.75) is 65.3 Å². The van der Waals surface area contributed by atoms with E-state index in [4.69, 9.17) is 0 Å². The molecular weight excluding hydrogens is 212 g/mol. The Kier molecular flexibility index (Phi) is 6.38. The molecule has 0 aromatic heterocycles. The summed E-state index contributed by atoms with van der Waals surface area (Å²) in [7, 11) is 0. The maximum absolute atomic E-state index is 11.7. The second kappa shape index (κ2) is 7.57. The minimum atomic E-state index is 0.0241. The Labute approximate surface area is 106 Å². The van der Waals surface area contributed by atoms with E-state index in [-0.39, 0.29) is 6.03 Å². The van der Waals surface area contributed by atoms with Gasteiger partial charge in [-0.05, 0) is 31.1 Å². The van der Waals surface area contributed by atoms with Crippen LogP contribution >= 0.6 is 0 Å². The van der Waals surface area contributed by atoms with Gasteiger partial charge in [0.2, 0.25) is 0 Å². The fourth-order valence-electron chi connectivity index (χ4n) is 2.73. The smallest absolute Gasteiger partial charge is 0.315 e. The van der Waals surface area contributed by atoms with Crippen LogP contribution in [0.15, 0.2) is 0 Å². The summed E-state index contributed by atoms with van der Waals surface area (Å²) in [4.78, 5) is 11.7. The molecule has 17 heavy (non-hydrogen) atoms. The highest BCUT2D eigenvalue weighted by Gasteiger charge is 2.28. The lowest BCUT2D eigenvalue weighted by molar-refractivity contribution is 0.194. The van der Waals surface area contributed by atoms with Gasteiger partial charge in [-0.3, -0.25) is 0 Å². The first kappa shape index (κ1) is 14.3. The summed E-state index contributed by atoms with van der Waals surface area (Å²) >= 11 is 0. The Bertz CT molecular complexity index is 228. The molecule has 0 aromatic carbocycles. The molecule has 0 saturated heterocycles. The first-order chi connectivity index (χ1) is 8.15. The SMILES string of the molecule is CCCCNC(=O)NC1CCCCC1C(C)C. The largest absolute Gasteiger partial charge is 0.338 e. The first-order valence-corrected chi connectivity index (χ1v) is 7.19. The second-order valence-corrected chi connectivity index (χ2v) is 5.55. The topological polar surface area (TPSA) is 41.1 Å². The molecule has 0 aromatic rings. The summed E-state index contributed by atoms with van der Waals surface area (Å²) in [5.41, 5.74) is 0. The molecule has 2 atom stereocenters. The van der Waals surface area contributed by atoms with Crippen LogP contribution in [0, 0.1) is 11.8 Å². The lowest BCUT2D eigenvalue weighted by Gasteiger charge is -2.34. The molecule has 0 spiro atoms. The predicted molar refractivity (Wildman–Crippen MR) is 72.0 cm³/mol. The van der Waals surface area contributed by atoms with Gasteiger partial charge in [-0.25, -0.2) is 4.79 Å². The van der Waals surface area contributed by atoms with Gasteiger partial charge in [0.05, 0.1) is 0 Å². The quantitative estimate of drug-likeness (QED) is 0.711. The number of rotatable bonds is 5. The van der Waals surface area contributed by atoms with Crippen LogP contribution in [0.25, 0.3) is 0 Å². The number of hydrogen-bond acceptors (Lipinski definition) is 1. The summed E-state index contributed by atoms with van der Waals surface area (Å²) in [5.74, 6) is 1.32. The highest BCUT2D eigenvalue weighted by atomic mass is 16.2. The van der Waals surface area contributed by atoms with E-state index in [9.17, 15) is 4.79 Å². The number of amides is 2. The molecule has 2 N–H and O–H groups in total. The van der Waals surface area contributed by atoms with Crippen LogP contribution in [-0.4, -0.2) is 18.6 Å². The van der Waals surface area contributed by atoms with Crippen LogP contribution < -0.4 is 10.6 Å². The molecule has 3 heteroatoms. The first-order valence-electron chi connectivity index (χ1n) is 7.19. The van der Waals surface area contributed by atoms with Gasteiger partial charge >= 0.3 is 6.03 Å². The van der Waals surface area contributed by atoms with Gasteiger partial charge in [0.25, 0.3) is 0 Å². The minimum Gasteiger partial charge on any atom is -0.338 e. The average Bonchev–Trinajstić information content (AvgIpc) is 2.29. The Morgan fingerprint density at radius 1 is 1.29 bits per heavy atom. The molecule has 0 bridgehead atoms. The Morgan fingerprint density at radius 2 is 2.00 bits per heavy atom. The normalized spacial score (nSPS) is 24.7. The maximum atomic E-state index is 11.7. The van der Waals surface area contributed by atoms with Crippen LogP contribution in [0.4, 0.5) is 4.79 Å². The van der Waals surface area contributed by atoms with Crippen molar-refractivity contribution in [3.05, 3.63) is 0 Å². The van der Waals surface area contributed by atoms with Crippen LogP contribution in [0.2, 0.25) is 0 Å². The molecule has 0 radical (unpaired) electrons. The average molecular weight is 240 g/mol. The highest BCUT2D eigenvalue weighted by Crippen LogP contribution is 2.30. The Hall–Kier alpha value is -0.730. The molecule has 1 rings (SSSR count). The number of nitrogens with one attached hydrogen (secondary N) is 2. The molecular formula is C14H28N2O. The highest BCUT2D eigenvalue weighted by molar-refractivity contribution is 5.74. The Balaban J connectivity index is 2.34. The summed E-state index contributed by atoms with van der Waals surface area (Å²) < 4.78 is 0. The van der Waals surface area contributed by atoms with Crippen molar-refractivity contribution in [3.8, 4) is 0 Å². The summed E-state index contributed by atoms with van der Waals surface area (Å²) in [6.45, 7) is 7.45. The molecule has 1 aliphatic carbocycles. The zero-order valence-corrected chi connectivity index (χ0v) is 11.6. The predicted octanol–water partition coefficient (Wildman–Crippen LogP) is 3.30. The van der Waals surface area contributed by atoms with Gasteiger partial charge in [-0.2, -0.15) is 0 Å². The van der Waals surface area contributed by atoms with Gasteiger partial charge in [0.1, 0.15) is 0 Å². The third-order valence-electron chi connectivity index (χ3n) is 3.81. The molecule has 1 saturated carbocycles. The van der Waals surface area contributed by atoms with Crippen LogP contribution in [0.3, 0.4) is 0 Å². The second-order valence-electron chi connectivity index (χ2n) is 5.55. The lowest BCUT2D eigenvalue weighted by atomic mass is 9.78. The van der Waals surface area contributed by atoms with E-state index in [2.05, 4.69) is 31.4 Å². The van der Waals surface area contributed by atoms with Crippen molar-refractivity contribution in [1.82, 2.24) is 10.6 Å². The lowest BCUT2D eigenvalue weighted by Crippen LogP contribution is -2.48. The molecule has 100 valence electrons. The fourth-order valence-corrected chi connectivity index (χ4v) is 2.73. The minimum absolute atomic E-state index is 0.0241. The van der Waals surface area contributed by atoms with Gasteiger partial charge in [-0.15, -0.1) is 0 Å². The van der Waals surface area contributed by atoms with E-state index in [1.165, 1.54) is 19.3 Å². The van der Waals surface area contributed by atoms with Crippen molar-refractivity contribution in [2.75, 3.05) is 6.54 Å². The molecule has 1 fully saturated rings. The molecule has 3 nitrogen and oxygen atoms in total. The number of hydrogen-bond donors (Lipinski definition) is 2. The van der Waals surface area contributed by atoms with Crippen molar-refractivity contribution in [2.24, 2.45) is 11.8 Å². The molecule has 0 heterocycles. The number of urea groups is 1. The van der Waals surface area contributed by atoms with Crippen molar-refractivity contribution < 1.29 is 4.79 Å². The third kappa shape index (κ3) is 4.97. The summed E-state index contributed by atoms with van der Waals surface area (Å²) in [5, 5.41) is 6.10. The molecule has 0 aliphatic heterocycles. The van der Waals surface area contributed by atoms with Crippen LogP contribution in [0.1, 0.15) is 59.3 Å². The van der Waals surface area contributed by atoms with Crippen molar-refractivity contribution in [3.63, 3.8) is 0 Å². The third-order valence-corrected chi connectivity index (χ3v) is 3.81. The van der Waals surface area contributed by atoms with Crippen molar-refractivity contribution >= 4 is 6.03 Å². The Morgan fingerprint density at radius 3 is 2.65 bits per heavy atom. The van der Waals surface area contributed by atoms with Gasteiger partial charge < -0.3 is 10.6 Å². The number of carbonyl (C=O) groups excluding carboxylic acids is 1. The van der Waals surface area contributed by atoms with Crippen LogP contribution in [-0.2, 0) is 0 Å². The maximum Gasteiger partial charge on any atom is 0.315 e. The summed E-state index contributed by atoms with van der Waals surface area (Å²) in [6, 6.07) is 0.404. The van der Waals surface area contributed by atoms with E-state index in [1.54, 1.807) is 0 Å². The standard InChI is InChI=1S/C14H28N2O/c1-4-5-10-15-14(17)16-13-9-7-6-8-12(13)11(2)3/h11-13H,4-10H2,1-3H3,(H2,15,16,17). The summed E-state index contributed by atoms with van der Waals surface area (Å²) in [6.07, 6.45) is 7.16. The van der Waals surface area contributed by atoms with Gasteiger partial charge in [-0.1, -0.05) is 40.0 Å². The van der Waals surface area contributed by atoms with E-state index < -0.39 is 0 Å². The van der Waals surface area contributed by atoms with Gasteiger partial charge in [0.15, 0.2) is 0 Å². The number of unbranched alkanes of at least 4 members (excludes halogenated alkanes) is 1. The van der Waals surface area contributed by atoms with E-state index in [0.717, 1.165) is 25.8 Å².